The smallest absolute Gasteiger partial charge is 0.143 e. The van der Waals surface area contributed by atoms with Gasteiger partial charge < -0.3 is 13.9 Å². The fourth-order valence-corrected chi connectivity index (χ4v) is 10.5. The summed E-state index contributed by atoms with van der Waals surface area (Å²) in [5.74, 6) is 0. The van der Waals surface area contributed by atoms with Gasteiger partial charge in [-0.15, -0.1) is 0 Å². The molecule has 0 aliphatic carbocycles. The van der Waals surface area contributed by atoms with E-state index < -0.39 is 0 Å². The molecule has 0 atom stereocenters. The SMILES string of the molecule is c1ccc(-c2cccc(-c3cccc(N(c4ccc(-c5ccccc5-c5ccccc5-n5c6ccccc6c6ccccc65)cc4)c4ccccc4-c4cccc5c4oc4ccccc45)c3)c2)cc1. The third-order valence-corrected chi connectivity index (χ3v) is 13.6. The molecule has 0 amide bonds. The Morgan fingerprint density at radius 2 is 0.812 bits per heavy atom. The molecule has 0 aliphatic heterocycles. The predicted octanol–water partition coefficient (Wildman–Crippen LogP) is 18.5. The standard InChI is InChI=1S/C66H44N2O/c1-2-19-45(20-3-1)47-21-16-22-48(43-47)49-23-17-24-51(44-49)67(61-34-11-9-30-57(61)59-32-18-33-60-58-31-10-15-38-65(58)69-66(59)60)50-41-39-46(40-42-50)52-25-4-5-26-53(52)54-27-6-12-35-62(54)68-63-36-13-7-28-55(63)56-29-8-14-37-64(56)68/h1-44H. The third-order valence-electron chi connectivity index (χ3n) is 13.6. The van der Waals surface area contributed by atoms with Gasteiger partial charge in [-0.25, -0.2) is 0 Å². The summed E-state index contributed by atoms with van der Waals surface area (Å²) in [5, 5.41) is 4.71. The number of para-hydroxylation sites is 6. The van der Waals surface area contributed by atoms with Crippen LogP contribution in [0.15, 0.2) is 271 Å². The van der Waals surface area contributed by atoms with Gasteiger partial charge in [0.2, 0.25) is 0 Å². The zero-order valence-electron chi connectivity index (χ0n) is 37.7. The minimum atomic E-state index is 0.880. The lowest BCUT2D eigenvalue weighted by Crippen LogP contribution is -2.11. The molecule has 11 aromatic carbocycles. The highest BCUT2D eigenvalue weighted by Crippen LogP contribution is 2.46. The molecule has 2 aromatic heterocycles. The van der Waals surface area contributed by atoms with Crippen molar-refractivity contribution in [2.24, 2.45) is 0 Å². The van der Waals surface area contributed by atoms with Gasteiger partial charge in [0, 0.05) is 49.6 Å². The van der Waals surface area contributed by atoms with Crippen LogP contribution >= 0.6 is 0 Å². The average molecular weight is 881 g/mol. The van der Waals surface area contributed by atoms with E-state index in [1.165, 1.54) is 49.6 Å². The first-order chi connectivity index (χ1) is 34.2. The summed E-state index contributed by atoms with van der Waals surface area (Å²) >= 11 is 0. The van der Waals surface area contributed by atoms with Crippen LogP contribution in [0.2, 0.25) is 0 Å². The largest absolute Gasteiger partial charge is 0.455 e. The summed E-state index contributed by atoms with van der Waals surface area (Å²) in [6.07, 6.45) is 0. The molecular formula is C66H44N2O. The van der Waals surface area contributed by atoms with Crippen LogP contribution in [0.3, 0.4) is 0 Å². The van der Waals surface area contributed by atoms with Gasteiger partial charge in [0.05, 0.1) is 22.4 Å². The summed E-state index contributed by atoms with van der Waals surface area (Å²) in [7, 11) is 0. The van der Waals surface area contributed by atoms with Gasteiger partial charge in [0.25, 0.3) is 0 Å². The first-order valence-electron chi connectivity index (χ1n) is 23.6. The van der Waals surface area contributed by atoms with Crippen LogP contribution in [0.5, 0.6) is 0 Å². The molecule has 0 fully saturated rings. The van der Waals surface area contributed by atoms with E-state index in [1.54, 1.807) is 0 Å². The van der Waals surface area contributed by atoms with Crippen molar-refractivity contribution in [1.29, 1.82) is 0 Å². The van der Waals surface area contributed by atoms with Gasteiger partial charge in [0.1, 0.15) is 11.2 Å². The number of anilines is 3. The Bertz CT molecular complexity index is 3970. The van der Waals surface area contributed by atoms with E-state index in [2.05, 4.69) is 270 Å². The Balaban J connectivity index is 0.958. The lowest BCUT2D eigenvalue weighted by Gasteiger charge is -2.28. The summed E-state index contributed by atoms with van der Waals surface area (Å²) in [6.45, 7) is 0. The molecule has 3 nitrogen and oxygen atoms in total. The van der Waals surface area contributed by atoms with Crippen molar-refractivity contribution in [1.82, 2.24) is 4.57 Å². The Morgan fingerprint density at radius 1 is 0.290 bits per heavy atom. The number of fused-ring (bicyclic) bond motifs is 6. The van der Waals surface area contributed by atoms with Crippen LogP contribution in [0.4, 0.5) is 17.1 Å². The summed E-state index contributed by atoms with van der Waals surface area (Å²) in [4.78, 5) is 2.40. The topological polar surface area (TPSA) is 21.3 Å². The Morgan fingerprint density at radius 3 is 1.58 bits per heavy atom. The highest BCUT2D eigenvalue weighted by Gasteiger charge is 2.22. The number of aromatic nitrogens is 1. The molecule has 69 heavy (non-hydrogen) atoms. The molecule has 0 aliphatic rings. The number of hydrogen-bond acceptors (Lipinski definition) is 2. The number of furan rings is 1. The zero-order valence-corrected chi connectivity index (χ0v) is 37.7. The van der Waals surface area contributed by atoms with Crippen LogP contribution in [-0.2, 0) is 0 Å². The summed E-state index contributed by atoms with van der Waals surface area (Å²) in [6, 6.07) is 96.1. The zero-order chi connectivity index (χ0) is 45.7. The second-order valence-corrected chi connectivity index (χ2v) is 17.6. The molecule has 0 unspecified atom stereocenters. The van der Waals surface area contributed by atoms with Crippen molar-refractivity contribution in [3.05, 3.63) is 267 Å². The van der Waals surface area contributed by atoms with Crippen LogP contribution in [-0.4, -0.2) is 4.57 Å². The van der Waals surface area contributed by atoms with E-state index in [0.29, 0.717) is 0 Å². The number of nitrogens with zero attached hydrogens (tertiary/aromatic N) is 2. The van der Waals surface area contributed by atoms with Crippen molar-refractivity contribution in [2.75, 3.05) is 4.90 Å². The van der Waals surface area contributed by atoms with Crippen molar-refractivity contribution in [3.63, 3.8) is 0 Å². The van der Waals surface area contributed by atoms with Crippen molar-refractivity contribution in [3.8, 4) is 61.3 Å². The first kappa shape index (κ1) is 40.1. The molecule has 2 heterocycles. The summed E-state index contributed by atoms with van der Waals surface area (Å²) in [5.41, 5.74) is 19.9. The highest BCUT2D eigenvalue weighted by molar-refractivity contribution is 6.12. The minimum absolute atomic E-state index is 0.880. The van der Waals surface area contributed by atoms with E-state index in [0.717, 1.165) is 72.5 Å². The fraction of sp³-hybridized carbons (Fsp3) is 0. The molecule has 13 aromatic rings. The van der Waals surface area contributed by atoms with Gasteiger partial charge in [0.15, 0.2) is 0 Å². The fourth-order valence-electron chi connectivity index (χ4n) is 10.5. The maximum Gasteiger partial charge on any atom is 0.143 e. The lowest BCUT2D eigenvalue weighted by molar-refractivity contribution is 0.670. The van der Waals surface area contributed by atoms with E-state index in [-0.39, 0.29) is 0 Å². The lowest BCUT2D eigenvalue weighted by atomic mass is 9.93. The normalized spacial score (nSPS) is 11.5. The van der Waals surface area contributed by atoms with E-state index in [4.69, 9.17) is 4.42 Å². The number of benzene rings is 11. The maximum absolute atomic E-state index is 6.68. The highest BCUT2D eigenvalue weighted by atomic mass is 16.3. The Labute approximate surface area is 401 Å². The number of hydrogen-bond donors (Lipinski definition) is 0. The molecule has 3 heteroatoms. The van der Waals surface area contributed by atoms with Crippen molar-refractivity contribution < 1.29 is 4.42 Å². The van der Waals surface area contributed by atoms with Gasteiger partial charge in [-0.3, -0.25) is 0 Å². The second-order valence-electron chi connectivity index (χ2n) is 17.6. The van der Waals surface area contributed by atoms with Gasteiger partial charge in [-0.05, 0) is 99.6 Å². The van der Waals surface area contributed by atoms with E-state index in [9.17, 15) is 0 Å². The van der Waals surface area contributed by atoms with E-state index in [1.807, 2.05) is 6.07 Å². The van der Waals surface area contributed by atoms with Crippen molar-refractivity contribution >= 4 is 60.8 Å². The molecule has 0 saturated heterocycles. The Kier molecular flexibility index (Phi) is 9.84. The molecular weight excluding hydrogens is 837 g/mol. The molecule has 0 saturated carbocycles. The maximum atomic E-state index is 6.68. The molecule has 0 bridgehead atoms. The van der Waals surface area contributed by atoms with Crippen LogP contribution < -0.4 is 4.90 Å². The van der Waals surface area contributed by atoms with Crippen LogP contribution in [0.1, 0.15) is 0 Å². The molecule has 13 rings (SSSR count). The monoisotopic (exact) mass is 880 g/mol. The Hall–Kier alpha value is -9.18. The van der Waals surface area contributed by atoms with Gasteiger partial charge >= 0.3 is 0 Å². The van der Waals surface area contributed by atoms with Crippen LogP contribution in [0, 0.1) is 0 Å². The van der Waals surface area contributed by atoms with E-state index >= 15 is 0 Å². The minimum Gasteiger partial charge on any atom is -0.455 e. The first-order valence-corrected chi connectivity index (χ1v) is 23.6. The molecule has 0 radical (unpaired) electrons. The predicted molar refractivity (Wildman–Crippen MR) is 290 cm³/mol. The summed E-state index contributed by atoms with van der Waals surface area (Å²) < 4.78 is 9.10. The quantitative estimate of drug-likeness (QED) is 0.144. The number of rotatable bonds is 9. The second kappa shape index (κ2) is 16.9. The average Bonchev–Trinajstić information content (AvgIpc) is 3.98. The molecule has 324 valence electrons. The molecule has 0 N–H and O–H groups in total. The molecule has 0 spiro atoms. The van der Waals surface area contributed by atoms with Crippen molar-refractivity contribution in [2.45, 2.75) is 0 Å². The van der Waals surface area contributed by atoms with Crippen LogP contribution in [0.25, 0.3) is 105 Å². The van der Waals surface area contributed by atoms with Gasteiger partial charge in [-0.2, -0.15) is 0 Å². The van der Waals surface area contributed by atoms with Gasteiger partial charge in [-0.1, -0.05) is 206 Å². The third kappa shape index (κ3) is 6.99.